The van der Waals surface area contributed by atoms with Gasteiger partial charge in [0.25, 0.3) is 0 Å². The van der Waals surface area contributed by atoms with E-state index in [0.29, 0.717) is 16.8 Å². The summed E-state index contributed by atoms with van der Waals surface area (Å²) in [6.45, 7) is 24.7. The van der Waals surface area contributed by atoms with E-state index in [1.165, 1.54) is 0 Å². The van der Waals surface area contributed by atoms with E-state index >= 15 is 0 Å². The minimum atomic E-state index is -0.418. The molecule has 33 heavy (non-hydrogen) atoms. The summed E-state index contributed by atoms with van der Waals surface area (Å²) in [5.74, 6) is 0.961. The van der Waals surface area contributed by atoms with E-state index in [2.05, 4.69) is 27.7 Å². The normalized spacial score (nSPS) is 23.8. The zero-order chi connectivity index (χ0) is 26.4. The van der Waals surface area contributed by atoms with Gasteiger partial charge in [0.05, 0.1) is 33.0 Å². The molecule has 0 radical (unpaired) electrons. The molecule has 0 N–H and O–H groups in total. The van der Waals surface area contributed by atoms with Crippen LogP contribution in [0.2, 0.25) is 0 Å². The van der Waals surface area contributed by atoms with Crippen molar-refractivity contribution in [3.63, 3.8) is 0 Å². The summed E-state index contributed by atoms with van der Waals surface area (Å²) in [5, 5.41) is 0.131. The van der Waals surface area contributed by atoms with Crippen molar-refractivity contribution >= 4 is 60.6 Å². The van der Waals surface area contributed by atoms with Gasteiger partial charge in [-0.2, -0.15) is 0 Å². The van der Waals surface area contributed by atoms with Crippen LogP contribution < -0.4 is 0 Å². The van der Waals surface area contributed by atoms with Crippen molar-refractivity contribution in [3.8, 4) is 0 Å². The van der Waals surface area contributed by atoms with E-state index in [4.69, 9.17) is 65.0 Å². The highest BCUT2D eigenvalue weighted by Crippen LogP contribution is 2.40. The lowest BCUT2D eigenvalue weighted by atomic mass is 9.80. The third kappa shape index (κ3) is 10.4. The molecule has 4 nitrogen and oxygen atoms in total. The van der Waals surface area contributed by atoms with Crippen LogP contribution in [0.1, 0.15) is 89.5 Å². The molecule has 2 saturated heterocycles. The summed E-state index contributed by atoms with van der Waals surface area (Å²) in [6.07, 6.45) is 2.88. The Labute approximate surface area is 224 Å². The standard InChI is InChI=1S/C11H22BClO2.C11H20BClO2.CH2Cl2/c2*1-8(2)7-9(13)12-14-10(3,4)11(5,6)15-12;2-1-3/h8-9H,7H2,1-6H3;7-8H,1-6H3;1H2/b;9-7+;/t9-;;/m1../s1. The van der Waals surface area contributed by atoms with Gasteiger partial charge in [0, 0.05) is 4.93 Å². The highest BCUT2D eigenvalue weighted by atomic mass is 35.5. The summed E-state index contributed by atoms with van der Waals surface area (Å²) in [7, 11) is -0.696. The van der Waals surface area contributed by atoms with E-state index in [0.717, 1.165) is 6.42 Å². The fraction of sp³-hybridized carbons (Fsp3) is 0.913. The van der Waals surface area contributed by atoms with Crippen molar-refractivity contribution in [2.75, 3.05) is 5.34 Å². The first-order valence-corrected chi connectivity index (χ1v) is 13.5. The minimum absolute atomic E-state index is 0.0638. The number of rotatable bonds is 5. The third-order valence-corrected chi connectivity index (χ3v) is 6.92. The van der Waals surface area contributed by atoms with Gasteiger partial charge < -0.3 is 18.6 Å². The molecule has 1 atom stereocenters. The molecule has 0 aromatic rings. The van der Waals surface area contributed by atoms with Gasteiger partial charge in [0.15, 0.2) is 0 Å². The predicted molar refractivity (Wildman–Crippen MR) is 147 cm³/mol. The van der Waals surface area contributed by atoms with Crippen molar-refractivity contribution in [1.82, 2.24) is 0 Å². The van der Waals surface area contributed by atoms with E-state index in [-0.39, 0.29) is 40.1 Å². The number of alkyl halides is 3. The quantitative estimate of drug-likeness (QED) is 0.257. The molecule has 0 aliphatic carbocycles. The molecule has 0 unspecified atom stereocenters. The lowest BCUT2D eigenvalue weighted by molar-refractivity contribution is 0.00578. The van der Waals surface area contributed by atoms with Gasteiger partial charge in [0.1, 0.15) is 0 Å². The molecular formula is C23H44B2Cl4O4. The van der Waals surface area contributed by atoms with E-state index in [9.17, 15) is 0 Å². The van der Waals surface area contributed by atoms with Crippen LogP contribution in [0.25, 0.3) is 0 Å². The Balaban J connectivity index is 0.000000555. The summed E-state index contributed by atoms with van der Waals surface area (Å²) < 4.78 is 23.4. The van der Waals surface area contributed by atoms with Crippen LogP contribution in [-0.4, -0.2) is 47.3 Å². The number of hydrogen-bond acceptors (Lipinski definition) is 4. The SMILES string of the molecule is CC(C)/C=C(/Cl)B1OC(C)(C)C(C)(C)O1.CC(C)C[C@@H](Cl)B1OC(C)(C)C(C)(C)O1.ClCCl. The average Bonchev–Trinajstić information content (AvgIpc) is 2.95. The Morgan fingerprint density at radius 3 is 1.39 bits per heavy atom. The molecule has 0 aromatic carbocycles. The smallest absolute Gasteiger partial charge is 0.402 e. The molecule has 194 valence electrons. The van der Waals surface area contributed by atoms with Crippen molar-refractivity contribution in [1.29, 1.82) is 0 Å². The third-order valence-electron chi connectivity index (χ3n) is 6.23. The summed E-state index contributed by atoms with van der Waals surface area (Å²) in [4.78, 5) is 0.642. The van der Waals surface area contributed by atoms with E-state index < -0.39 is 7.12 Å². The van der Waals surface area contributed by atoms with Crippen molar-refractivity contribution < 1.29 is 18.6 Å². The maximum absolute atomic E-state index is 6.29. The average molecular weight is 548 g/mol. The van der Waals surface area contributed by atoms with Crippen LogP contribution in [0.15, 0.2) is 11.0 Å². The molecule has 2 aliphatic heterocycles. The summed E-state index contributed by atoms with van der Waals surface area (Å²) >= 11 is 22.0. The van der Waals surface area contributed by atoms with Gasteiger partial charge >= 0.3 is 14.2 Å². The molecule has 0 saturated carbocycles. The Hall–Kier alpha value is 0.870. The Morgan fingerprint density at radius 2 is 1.09 bits per heavy atom. The number of allylic oxidation sites excluding steroid dienone is 1. The first kappa shape index (κ1) is 33.9. The minimum Gasteiger partial charge on any atom is -0.402 e. The first-order valence-electron chi connectivity index (χ1n) is 11.6. The van der Waals surface area contributed by atoms with Crippen LogP contribution in [0.5, 0.6) is 0 Å². The fourth-order valence-electron chi connectivity index (χ4n) is 2.95. The molecule has 10 heteroatoms. The van der Waals surface area contributed by atoms with E-state index in [1.54, 1.807) is 0 Å². The van der Waals surface area contributed by atoms with Gasteiger partial charge in [-0.1, -0.05) is 45.4 Å². The second-order valence-corrected chi connectivity index (χ2v) is 13.1. The molecule has 2 heterocycles. The monoisotopic (exact) mass is 546 g/mol. The molecule has 0 spiro atoms. The Kier molecular flexibility index (Phi) is 13.8. The highest BCUT2D eigenvalue weighted by Gasteiger charge is 2.54. The maximum atomic E-state index is 6.29. The van der Waals surface area contributed by atoms with Crippen LogP contribution in [0, 0.1) is 11.8 Å². The van der Waals surface area contributed by atoms with Gasteiger partial charge in [0.2, 0.25) is 0 Å². The second-order valence-electron chi connectivity index (χ2n) is 11.3. The molecule has 2 rings (SSSR count). The van der Waals surface area contributed by atoms with E-state index in [1.807, 2.05) is 61.5 Å². The van der Waals surface area contributed by atoms with Crippen LogP contribution in [-0.2, 0) is 18.6 Å². The number of halogens is 4. The molecule has 2 aliphatic rings. The molecule has 0 aromatic heterocycles. The zero-order valence-corrected chi connectivity index (χ0v) is 25.5. The Morgan fingerprint density at radius 1 is 0.758 bits per heavy atom. The molecular weight excluding hydrogens is 504 g/mol. The zero-order valence-electron chi connectivity index (χ0n) is 22.5. The van der Waals surface area contributed by atoms with Crippen molar-refractivity contribution in [2.24, 2.45) is 11.8 Å². The van der Waals surface area contributed by atoms with Crippen LogP contribution in [0.3, 0.4) is 0 Å². The maximum Gasteiger partial charge on any atom is 0.506 e. The largest absolute Gasteiger partial charge is 0.506 e. The van der Waals surface area contributed by atoms with Crippen LogP contribution in [0.4, 0.5) is 0 Å². The molecule has 0 bridgehead atoms. The Bertz CT molecular complexity index is 594. The topological polar surface area (TPSA) is 36.9 Å². The molecule has 0 amide bonds. The van der Waals surface area contributed by atoms with Gasteiger partial charge in [-0.05, 0) is 73.6 Å². The lowest BCUT2D eigenvalue weighted by Gasteiger charge is -2.32. The fourth-order valence-corrected chi connectivity index (χ4v) is 3.75. The van der Waals surface area contributed by atoms with Gasteiger partial charge in [-0.15, -0.1) is 34.8 Å². The predicted octanol–water partition coefficient (Wildman–Crippen LogP) is 8.09. The van der Waals surface area contributed by atoms with Crippen molar-refractivity contribution in [3.05, 3.63) is 11.0 Å². The summed E-state index contributed by atoms with van der Waals surface area (Å²) in [5.41, 5.74) is -1.19. The number of hydrogen-bond donors (Lipinski definition) is 0. The van der Waals surface area contributed by atoms with Crippen LogP contribution >= 0.6 is 46.4 Å². The highest BCUT2D eigenvalue weighted by molar-refractivity contribution is 6.69. The molecule has 2 fully saturated rings. The van der Waals surface area contributed by atoms with Gasteiger partial charge in [-0.3, -0.25) is 0 Å². The first-order chi connectivity index (χ1) is 14.7. The lowest BCUT2D eigenvalue weighted by Crippen LogP contribution is -2.41. The summed E-state index contributed by atoms with van der Waals surface area (Å²) in [6, 6.07) is 0. The second kappa shape index (κ2) is 13.4. The van der Waals surface area contributed by atoms with Crippen molar-refractivity contribution in [2.45, 2.75) is 117 Å². The van der Waals surface area contributed by atoms with Gasteiger partial charge in [-0.25, -0.2) is 0 Å².